The third-order valence-corrected chi connectivity index (χ3v) is 3.28. The molecule has 0 radical (unpaired) electrons. The molecule has 3 heterocycles. The van der Waals surface area contributed by atoms with Gasteiger partial charge in [-0.3, -0.25) is 0 Å². The number of allylic oxidation sites excluding steroid dienone is 1. The number of rotatable bonds is 1. The zero-order chi connectivity index (χ0) is 12.8. The molecule has 3 aliphatic rings. The fourth-order valence-electron chi connectivity index (χ4n) is 2.52. The summed E-state index contributed by atoms with van der Waals surface area (Å²) in [6.07, 6.45) is 1.72. The maximum absolute atomic E-state index is 13.5. The molecule has 1 fully saturated rings. The van der Waals surface area contributed by atoms with Gasteiger partial charge in [0.2, 0.25) is 5.96 Å². The number of alkyl halides is 2. The van der Waals surface area contributed by atoms with Crippen LogP contribution < -0.4 is 10.7 Å². The van der Waals surface area contributed by atoms with E-state index in [2.05, 4.69) is 20.7 Å². The lowest BCUT2D eigenvalue weighted by molar-refractivity contribution is -0.0365. The number of piperidine rings is 1. The van der Waals surface area contributed by atoms with E-state index < -0.39 is 5.92 Å². The SMILES string of the molecule is CC1=NC2=NCNN2C(C2CNCC(F)(F)C2)=C1. The summed E-state index contributed by atoms with van der Waals surface area (Å²) < 4.78 is 26.9. The van der Waals surface area contributed by atoms with E-state index in [1.54, 1.807) is 5.01 Å². The molecular formula is C11H15F2N5. The molecule has 0 aromatic heterocycles. The van der Waals surface area contributed by atoms with Crippen LogP contribution in [-0.2, 0) is 0 Å². The number of hydrazine groups is 1. The van der Waals surface area contributed by atoms with Gasteiger partial charge in [-0.05, 0) is 13.0 Å². The van der Waals surface area contributed by atoms with Crippen molar-refractivity contribution in [2.24, 2.45) is 15.9 Å². The van der Waals surface area contributed by atoms with E-state index in [-0.39, 0.29) is 18.9 Å². The van der Waals surface area contributed by atoms with Gasteiger partial charge in [-0.1, -0.05) is 0 Å². The fourth-order valence-corrected chi connectivity index (χ4v) is 2.52. The van der Waals surface area contributed by atoms with Crippen LogP contribution in [0.1, 0.15) is 13.3 Å². The first-order valence-corrected chi connectivity index (χ1v) is 5.99. The maximum atomic E-state index is 13.5. The van der Waals surface area contributed by atoms with Crippen molar-refractivity contribution < 1.29 is 8.78 Å². The van der Waals surface area contributed by atoms with Crippen LogP contribution in [0.15, 0.2) is 21.8 Å². The van der Waals surface area contributed by atoms with Crippen LogP contribution in [-0.4, -0.2) is 42.4 Å². The van der Waals surface area contributed by atoms with Gasteiger partial charge in [0.15, 0.2) is 0 Å². The first kappa shape index (κ1) is 11.7. The molecule has 7 heteroatoms. The average Bonchev–Trinajstić information content (AvgIpc) is 2.74. The minimum absolute atomic E-state index is 0.134. The van der Waals surface area contributed by atoms with Gasteiger partial charge in [-0.2, -0.15) is 0 Å². The number of nitrogens with one attached hydrogen (secondary N) is 2. The Morgan fingerprint density at radius 1 is 1.50 bits per heavy atom. The highest BCUT2D eigenvalue weighted by Crippen LogP contribution is 2.33. The van der Waals surface area contributed by atoms with Crippen LogP contribution in [0, 0.1) is 5.92 Å². The van der Waals surface area contributed by atoms with Crippen LogP contribution in [0.4, 0.5) is 8.78 Å². The highest BCUT2D eigenvalue weighted by molar-refractivity contribution is 6.05. The average molecular weight is 255 g/mol. The van der Waals surface area contributed by atoms with Gasteiger partial charge in [-0.15, -0.1) is 0 Å². The van der Waals surface area contributed by atoms with E-state index in [0.717, 1.165) is 11.4 Å². The fraction of sp³-hybridized carbons (Fsp3) is 0.636. The van der Waals surface area contributed by atoms with Gasteiger partial charge in [0.05, 0.1) is 6.54 Å². The quantitative estimate of drug-likeness (QED) is 0.726. The molecule has 0 aliphatic carbocycles. The van der Waals surface area contributed by atoms with Crippen molar-refractivity contribution in [3.8, 4) is 0 Å². The summed E-state index contributed by atoms with van der Waals surface area (Å²) in [5, 5.41) is 4.52. The Bertz CT molecular complexity index is 454. The van der Waals surface area contributed by atoms with Crippen molar-refractivity contribution in [3.63, 3.8) is 0 Å². The molecule has 1 saturated heterocycles. The largest absolute Gasteiger partial charge is 0.311 e. The summed E-state index contributed by atoms with van der Waals surface area (Å²) in [6, 6.07) is 0. The summed E-state index contributed by atoms with van der Waals surface area (Å²) in [7, 11) is 0. The molecule has 0 bridgehead atoms. The van der Waals surface area contributed by atoms with Crippen molar-refractivity contribution in [1.29, 1.82) is 0 Å². The number of fused-ring (bicyclic) bond motifs is 1. The monoisotopic (exact) mass is 255 g/mol. The molecule has 0 spiro atoms. The van der Waals surface area contributed by atoms with E-state index in [1.807, 2.05) is 13.0 Å². The van der Waals surface area contributed by atoms with Crippen molar-refractivity contribution in [1.82, 2.24) is 15.8 Å². The summed E-state index contributed by atoms with van der Waals surface area (Å²) in [6.45, 7) is 2.62. The van der Waals surface area contributed by atoms with Gasteiger partial charge in [0, 0.05) is 30.3 Å². The number of hydrogen-bond acceptors (Lipinski definition) is 5. The first-order valence-electron chi connectivity index (χ1n) is 5.99. The van der Waals surface area contributed by atoms with Crippen molar-refractivity contribution in [2.45, 2.75) is 19.3 Å². The molecule has 0 amide bonds. The summed E-state index contributed by atoms with van der Waals surface area (Å²) >= 11 is 0. The Morgan fingerprint density at radius 2 is 2.33 bits per heavy atom. The number of nitrogens with zero attached hydrogens (tertiary/aromatic N) is 3. The molecule has 98 valence electrons. The second kappa shape index (κ2) is 4.10. The standard InChI is InChI=1S/C11H15F2N5/c1-7-2-9(18-10(17-7)15-6-16-18)8-3-11(12,13)5-14-4-8/h2,8,14,16H,3-6H2,1H3. The van der Waals surface area contributed by atoms with Crippen molar-refractivity contribution in [3.05, 3.63) is 11.8 Å². The lowest BCUT2D eigenvalue weighted by atomic mass is 9.92. The zero-order valence-corrected chi connectivity index (χ0v) is 10.1. The topological polar surface area (TPSA) is 52.0 Å². The minimum Gasteiger partial charge on any atom is -0.311 e. The van der Waals surface area contributed by atoms with Crippen molar-refractivity contribution in [2.75, 3.05) is 19.8 Å². The summed E-state index contributed by atoms with van der Waals surface area (Å²) in [5.41, 5.74) is 4.66. The third-order valence-electron chi connectivity index (χ3n) is 3.28. The van der Waals surface area contributed by atoms with Gasteiger partial charge in [0.1, 0.15) is 6.67 Å². The lowest BCUT2D eigenvalue weighted by Gasteiger charge is -2.35. The van der Waals surface area contributed by atoms with Crippen LogP contribution in [0.25, 0.3) is 0 Å². The van der Waals surface area contributed by atoms with E-state index in [9.17, 15) is 8.78 Å². The second-order valence-electron chi connectivity index (χ2n) is 4.82. The molecule has 5 nitrogen and oxygen atoms in total. The van der Waals surface area contributed by atoms with Crippen LogP contribution in [0.3, 0.4) is 0 Å². The molecule has 18 heavy (non-hydrogen) atoms. The van der Waals surface area contributed by atoms with Crippen LogP contribution >= 0.6 is 0 Å². The normalized spacial score (nSPS) is 30.5. The molecule has 0 aromatic carbocycles. The summed E-state index contributed by atoms with van der Waals surface area (Å²) in [5.74, 6) is -2.31. The highest BCUT2D eigenvalue weighted by atomic mass is 19.3. The number of hydrogen-bond donors (Lipinski definition) is 2. The zero-order valence-electron chi connectivity index (χ0n) is 10.1. The summed E-state index contributed by atoms with van der Waals surface area (Å²) in [4.78, 5) is 8.46. The molecule has 3 aliphatic heterocycles. The van der Waals surface area contributed by atoms with Crippen LogP contribution in [0.2, 0.25) is 0 Å². The van der Waals surface area contributed by atoms with Gasteiger partial charge in [-0.25, -0.2) is 29.2 Å². The first-order chi connectivity index (χ1) is 8.55. The predicted octanol–water partition coefficient (Wildman–Crippen LogP) is 0.723. The Balaban J connectivity index is 1.87. The van der Waals surface area contributed by atoms with Crippen LogP contribution in [0.5, 0.6) is 0 Å². The number of guanidine groups is 1. The Hall–Kier alpha value is -1.34. The van der Waals surface area contributed by atoms with Gasteiger partial charge < -0.3 is 5.32 Å². The lowest BCUT2D eigenvalue weighted by Crippen LogP contribution is -2.49. The van der Waals surface area contributed by atoms with E-state index >= 15 is 0 Å². The van der Waals surface area contributed by atoms with Crippen molar-refractivity contribution >= 4 is 11.7 Å². The molecule has 0 aromatic rings. The molecule has 3 rings (SSSR count). The van der Waals surface area contributed by atoms with E-state index in [4.69, 9.17) is 0 Å². The molecule has 1 unspecified atom stereocenters. The number of halogens is 2. The van der Waals surface area contributed by atoms with Gasteiger partial charge in [0.25, 0.3) is 5.92 Å². The smallest absolute Gasteiger partial charge is 0.261 e. The molecule has 1 atom stereocenters. The molecule has 0 saturated carbocycles. The third kappa shape index (κ3) is 2.04. The maximum Gasteiger partial charge on any atom is 0.261 e. The molecule has 2 N–H and O–H groups in total. The Kier molecular flexibility index (Phi) is 2.67. The Morgan fingerprint density at radius 3 is 3.11 bits per heavy atom. The van der Waals surface area contributed by atoms with Gasteiger partial charge >= 0.3 is 0 Å². The van der Waals surface area contributed by atoms with E-state index in [1.165, 1.54) is 0 Å². The highest BCUT2D eigenvalue weighted by Gasteiger charge is 2.40. The van der Waals surface area contributed by atoms with E-state index in [0.29, 0.717) is 19.2 Å². The Labute approximate surface area is 104 Å². The predicted molar refractivity (Wildman–Crippen MR) is 64.4 cm³/mol. The second-order valence-corrected chi connectivity index (χ2v) is 4.82. The minimum atomic E-state index is -2.65. The number of aliphatic imine (C=N–C) groups is 2. The molecular weight excluding hydrogens is 240 g/mol.